The zero-order valence-electron chi connectivity index (χ0n) is 23.0. The first-order chi connectivity index (χ1) is 19.9. The molecule has 2 unspecified atom stereocenters. The molecule has 1 saturated carbocycles. The number of rotatable bonds is 4. The predicted octanol–water partition coefficient (Wildman–Crippen LogP) is 4.51. The summed E-state index contributed by atoms with van der Waals surface area (Å²) in [5, 5.41) is 12.8. The van der Waals surface area contributed by atoms with E-state index in [1.807, 2.05) is 53.7 Å². The summed E-state index contributed by atoms with van der Waals surface area (Å²) in [5.74, 6) is 0.819. The molecule has 0 radical (unpaired) electrons. The standard InChI is InChI=1S/C31H33N9O/c1-17(32)37-28(33)31(41)39-22-10-11-23(39)14-21(13-22)27-26(19-7-8-19)29(34)40-30(38-27)24(16-36-40)20-9-12-25(35-15-20)18-5-3-2-4-6-18/h2-6,9,12,15-16,19,21-23H,7-8,10-11,13-14,34H2,1H3,(H3,32,33,37). The maximum absolute atomic E-state index is 13.1. The van der Waals surface area contributed by atoms with Crippen LogP contribution in [0.3, 0.4) is 0 Å². The third-order valence-corrected chi connectivity index (χ3v) is 8.72. The lowest BCUT2D eigenvalue weighted by atomic mass is 9.85. The van der Waals surface area contributed by atoms with Gasteiger partial charge in [0.2, 0.25) is 5.84 Å². The lowest BCUT2D eigenvalue weighted by Gasteiger charge is -2.39. The fourth-order valence-electron chi connectivity index (χ4n) is 6.76. The van der Waals surface area contributed by atoms with Crippen molar-refractivity contribution in [1.82, 2.24) is 24.5 Å². The highest BCUT2D eigenvalue weighted by atomic mass is 16.2. The zero-order valence-corrected chi connectivity index (χ0v) is 23.0. The number of carbonyl (C=O) groups excluding carboxylic acids is 1. The fourth-order valence-corrected chi connectivity index (χ4v) is 6.76. The van der Waals surface area contributed by atoms with Crippen LogP contribution in [0.5, 0.6) is 0 Å². The van der Waals surface area contributed by atoms with Gasteiger partial charge in [-0.25, -0.2) is 9.98 Å². The van der Waals surface area contributed by atoms with Crippen molar-refractivity contribution >= 4 is 29.0 Å². The number of hydrogen-bond donors (Lipinski definition) is 3. The molecule has 2 aliphatic heterocycles. The molecule has 1 aliphatic carbocycles. The molecule has 5 heterocycles. The quantitative estimate of drug-likeness (QED) is 0.253. The summed E-state index contributed by atoms with van der Waals surface area (Å²) in [5.41, 5.74) is 19.2. The second kappa shape index (κ2) is 9.79. The van der Waals surface area contributed by atoms with Gasteiger partial charge in [0, 0.05) is 46.5 Å². The Hall–Kier alpha value is -4.60. The number of benzene rings is 1. The molecule has 208 valence electrons. The van der Waals surface area contributed by atoms with Crippen LogP contribution in [0.4, 0.5) is 5.82 Å². The maximum Gasteiger partial charge on any atom is 0.291 e. The Morgan fingerprint density at radius 2 is 1.71 bits per heavy atom. The molecule has 1 aromatic carbocycles. The molecule has 0 spiro atoms. The van der Waals surface area contributed by atoms with E-state index >= 15 is 0 Å². The lowest BCUT2D eigenvalue weighted by Crippen LogP contribution is -2.48. The van der Waals surface area contributed by atoms with Crippen LogP contribution in [0.25, 0.3) is 28.0 Å². The van der Waals surface area contributed by atoms with Gasteiger partial charge < -0.3 is 16.4 Å². The van der Waals surface area contributed by atoms with Crippen molar-refractivity contribution in [3.8, 4) is 22.4 Å². The number of amidine groups is 2. The van der Waals surface area contributed by atoms with Gasteiger partial charge in [0.15, 0.2) is 5.65 Å². The summed E-state index contributed by atoms with van der Waals surface area (Å²) in [6, 6.07) is 14.3. The molecule has 5 N–H and O–H groups in total. The van der Waals surface area contributed by atoms with Gasteiger partial charge in [-0.05, 0) is 57.4 Å². The first kappa shape index (κ1) is 25.4. The van der Waals surface area contributed by atoms with Crippen molar-refractivity contribution in [2.75, 3.05) is 5.73 Å². The first-order valence-electron chi connectivity index (χ1n) is 14.3. The van der Waals surface area contributed by atoms with Crippen molar-refractivity contribution in [2.45, 2.75) is 69.4 Å². The fraction of sp³-hybridized carbons (Fsp3) is 0.355. The molecule has 2 saturated heterocycles. The van der Waals surface area contributed by atoms with Crippen LogP contribution in [-0.2, 0) is 4.79 Å². The SMILES string of the molecule is CC(N)=NC(=N)C(=O)N1C2CCC1CC(c1nc3c(-c4ccc(-c5ccccc5)nc4)cnn3c(N)c1C1CC1)C2. The van der Waals surface area contributed by atoms with Crippen molar-refractivity contribution in [3.63, 3.8) is 0 Å². The number of aromatic nitrogens is 4. The Kier molecular flexibility index (Phi) is 6.06. The number of nitrogens with one attached hydrogen (secondary N) is 1. The molecule has 2 bridgehead atoms. The molecule has 3 aromatic heterocycles. The van der Waals surface area contributed by atoms with Crippen molar-refractivity contribution in [1.29, 1.82) is 5.41 Å². The summed E-state index contributed by atoms with van der Waals surface area (Å²) in [6.45, 7) is 1.59. The summed E-state index contributed by atoms with van der Waals surface area (Å²) in [4.78, 5) is 28.9. The van der Waals surface area contributed by atoms with Gasteiger partial charge in [0.25, 0.3) is 5.91 Å². The van der Waals surface area contributed by atoms with Crippen LogP contribution in [0.2, 0.25) is 0 Å². The Labute approximate surface area is 238 Å². The van der Waals surface area contributed by atoms with Gasteiger partial charge in [0.1, 0.15) is 5.82 Å². The smallest absolute Gasteiger partial charge is 0.291 e. The van der Waals surface area contributed by atoms with Crippen molar-refractivity contribution in [3.05, 3.63) is 66.1 Å². The van der Waals surface area contributed by atoms with Crippen molar-refractivity contribution in [2.24, 2.45) is 10.7 Å². The second-order valence-electron chi connectivity index (χ2n) is 11.5. The number of nitrogens with two attached hydrogens (primary N) is 2. The largest absolute Gasteiger partial charge is 0.387 e. The summed E-state index contributed by atoms with van der Waals surface area (Å²) < 4.78 is 1.78. The number of amides is 1. The first-order valence-corrected chi connectivity index (χ1v) is 14.3. The highest BCUT2D eigenvalue weighted by molar-refractivity contribution is 6.38. The van der Waals surface area contributed by atoms with Gasteiger partial charge in [-0.2, -0.15) is 9.61 Å². The number of aliphatic imine (C=N–C) groups is 1. The third kappa shape index (κ3) is 4.43. The molecular formula is C31H33N9O. The van der Waals surface area contributed by atoms with Crippen LogP contribution in [0.1, 0.15) is 68.5 Å². The zero-order chi connectivity index (χ0) is 28.2. The van der Waals surface area contributed by atoms with Crippen LogP contribution in [-0.4, -0.2) is 54.1 Å². The number of fused-ring (bicyclic) bond motifs is 3. The van der Waals surface area contributed by atoms with E-state index in [2.05, 4.69) is 16.2 Å². The topological polar surface area (TPSA) is 152 Å². The molecule has 3 fully saturated rings. The third-order valence-electron chi connectivity index (χ3n) is 8.72. The molecular weight excluding hydrogens is 514 g/mol. The predicted molar refractivity (Wildman–Crippen MR) is 159 cm³/mol. The maximum atomic E-state index is 13.1. The minimum Gasteiger partial charge on any atom is -0.387 e. The average molecular weight is 548 g/mol. The van der Waals surface area contributed by atoms with Crippen molar-refractivity contribution < 1.29 is 4.79 Å². The van der Waals surface area contributed by atoms with E-state index < -0.39 is 0 Å². The number of pyridine rings is 1. The molecule has 41 heavy (non-hydrogen) atoms. The number of piperidine rings is 1. The number of nitrogen functional groups attached to an aromatic ring is 1. The molecule has 7 rings (SSSR count). The van der Waals surface area contributed by atoms with Gasteiger partial charge >= 0.3 is 0 Å². The molecule has 4 aromatic rings. The van der Waals surface area contributed by atoms with E-state index in [-0.39, 0.29) is 35.6 Å². The Morgan fingerprint density at radius 1 is 0.976 bits per heavy atom. The van der Waals surface area contributed by atoms with Crippen LogP contribution in [0.15, 0.2) is 59.9 Å². The molecule has 2 atom stereocenters. The Balaban J connectivity index is 1.24. The van der Waals surface area contributed by atoms with E-state index in [4.69, 9.17) is 26.8 Å². The second-order valence-corrected chi connectivity index (χ2v) is 11.5. The van der Waals surface area contributed by atoms with E-state index in [0.717, 1.165) is 77.8 Å². The van der Waals surface area contributed by atoms with Gasteiger partial charge in [-0.1, -0.05) is 36.4 Å². The van der Waals surface area contributed by atoms with E-state index in [1.54, 1.807) is 11.4 Å². The van der Waals surface area contributed by atoms with E-state index in [9.17, 15) is 4.79 Å². The highest BCUT2D eigenvalue weighted by Crippen LogP contribution is 2.50. The minimum absolute atomic E-state index is 0.0466. The van der Waals surface area contributed by atoms with E-state index in [0.29, 0.717) is 11.7 Å². The van der Waals surface area contributed by atoms with Crippen LogP contribution < -0.4 is 11.5 Å². The van der Waals surface area contributed by atoms with E-state index in [1.165, 1.54) is 0 Å². The lowest BCUT2D eigenvalue weighted by molar-refractivity contribution is -0.128. The number of anilines is 1. The average Bonchev–Trinajstić information content (AvgIpc) is 3.66. The monoisotopic (exact) mass is 547 g/mol. The number of carbonyl (C=O) groups is 1. The Morgan fingerprint density at radius 3 is 2.34 bits per heavy atom. The molecule has 1 amide bonds. The summed E-state index contributed by atoms with van der Waals surface area (Å²) in [7, 11) is 0. The highest BCUT2D eigenvalue weighted by Gasteiger charge is 2.46. The Bertz CT molecular complexity index is 1670. The summed E-state index contributed by atoms with van der Waals surface area (Å²) in [6.07, 6.45) is 9.31. The minimum atomic E-state index is -0.337. The summed E-state index contributed by atoms with van der Waals surface area (Å²) >= 11 is 0. The molecule has 10 heteroatoms. The van der Waals surface area contributed by atoms with Gasteiger partial charge in [0.05, 0.1) is 23.4 Å². The number of hydrogen-bond acceptors (Lipinski definition) is 6. The van der Waals surface area contributed by atoms with Gasteiger partial charge in [-0.15, -0.1) is 0 Å². The normalized spacial score (nSPS) is 22.3. The molecule has 10 nitrogen and oxygen atoms in total. The molecule has 3 aliphatic rings. The van der Waals surface area contributed by atoms with Crippen LogP contribution >= 0.6 is 0 Å². The van der Waals surface area contributed by atoms with Gasteiger partial charge in [-0.3, -0.25) is 15.2 Å². The van der Waals surface area contributed by atoms with Crippen LogP contribution in [0, 0.1) is 5.41 Å². The number of nitrogens with zero attached hydrogens (tertiary/aromatic N) is 6.